The molecule has 0 fully saturated rings. The van der Waals surface area contributed by atoms with E-state index in [9.17, 15) is 0 Å². The second-order valence-electron chi connectivity index (χ2n) is 5.01. The molecule has 1 N–H and O–H groups in total. The van der Waals surface area contributed by atoms with Crippen LogP contribution < -0.4 is 5.32 Å². The molecule has 0 aliphatic heterocycles. The van der Waals surface area contributed by atoms with Crippen molar-refractivity contribution in [2.75, 3.05) is 5.32 Å². The Morgan fingerprint density at radius 3 is 2.52 bits per heavy atom. The van der Waals surface area contributed by atoms with Crippen molar-refractivity contribution < 1.29 is 0 Å². The fourth-order valence-corrected chi connectivity index (χ4v) is 2.32. The molecule has 1 atom stereocenters. The van der Waals surface area contributed by atoms with Crippen LogP contribution in [0.3, 0.4) is 0 Å². The Bertz CT molecular complexity index is 704. The van der Waals surface area contributed by atoms with Gasteiger partial charge in [0.2, 0.25) is 0 Å². The second-order valence-corrected chi connectivity index (χ2v) is 5.01. The Morgan fingerprint density at radius 1 is 1.05 bits per heavy atom. The summed E-state index contributed by atoms with van der Waals surface area (Å²) in [7, 11) is 0. The van der Waals surface area contributed by atoms with Crippen molar-refractivity contribution in [3.8, 4) is 5.69 Å². The number of nitrogens with zero attached hydrogens (tertiary/aromatic N) is 3. The van der Waals surface area contributed by atoms with Gasteiger partial charge in [-0.15, -0.1) is 0 Å². The summed E-state index contributed by atoms with van der Waals surface area (Å²) in [6, 6.07) is 16.2. The standard InChI is InChI=1S/C17H18N4/c1-13(16-10-6-7-11-18-16)20-17-12-19-21(14(17)2)15-8-4-3-5-9-15/h3-13,20H,1-2H3/t13-/m1/s1. The van der Waals surface area contributed by atoms with Crippen molar-refractivity contribution in [3.05, 3.63) is 72.3 Å². The van der Waals surface area contributed by atoms with E-state index < -0.39 is 0 Å². The lowest BCUT2D eigenvalue weighted by atomic mass is 10.2. The van der Waals surface area contributed by atoms with Gasteiger partial charge in [-0.1, -0.05) is 24.3 Å². The molecule has 0 spiro atoms. The lowest BCUT2D eigenvalue weighted by Crippen LogP contribution is -2.09. The van der Waals surface area contributed by atoms with E-state index in [-0.39, 0.29) is 6.04 Å². The van der Waals surface area contributed by atoms with Gasteiger partial charge in [-0.2, -0.15) is 5.10 Å². The summed E-state index contributed by atoms with van der Waals surface area (Å²) in [5.74, 6) is 0. The summed E-state index contributed by atoms with van der Waals surface area (Å²) in [6.07, 6.45) is 3.68. The van der Waals surface area contributed by atoms with Crippen molar-refractivity contribution in [3.63, 3.8) is 0 Å². The number of anilines is 1. The number of aromatic nitrogens is 3. The number of rotatable bonds is 4. The number of hydrogen-bond acceptors (Lipinski definition) is 3. The van der Waals surface area contributed by atoms with Gasteiger partial charge in [0.15, 0.2) is 0 Å². The molecular weight excluding hydrogens is 260 g/mol. The predicted molar refractivity (Wildman–Crippen MR) is 84.6 cm³/mol. The molecule has 4 heteroatoms. The molecule has 0 radical (unpaired) electrons. The molecule has 1 aromatic carbocycles. The van der Waals surface area contributed by atoms with Crippen molar-refractivity contribution in [2.24, 2.45) is 0 Å². The van der Waals surface area contributed by atoms with Crippen LogP contribution in [0.4, 0.5) is 5.69 Å². The molecule has 106 valence electrons. The van der Waals surface area contributed by atoms with Crippen molar-refractivity contribution in [2.45, 2.75) is 19.9 Å². The smallest absolute Gasteiger partial charge is 0.0766 e. The van der Waals surface area contributed by atoms with Crippen molar-refractivity contribution >= 4 is 5.69 Å². The third kappa shape index (κ3) is 2.79. The minimum atomic E-state index is 0.137. The van der Waals surface area contributed by atoms with Crippen LogP contribution in [0.2, 0.25) is 0 Å². The normalized spacial score (nSPS) is 12.1. The highest BCUT2D eigenvalue weighted by atomic mass is 15.3. The van der Waals surface area contributed by atoms with Crippen LogP contribution in [0.25, 0.3) is 5.69 Å². The molecule has 4 nitrogen and oxygen atoms in total. The fourth-order valence-electron chi connectivity index (χ4n) is 2.32. The monoisotopic (exact) mass is 278 g/mol. The third-order valence-corrected chi connectivity index (χ3v) is 3.51. The summed E-state index contributed by atoms with van der Waals surface area (Å²) in [5.41, 5.74) is 4.19. The SMILES string of the molecule is Cc1c(N[C@H](C)c2ccccn2)cnn1-c1ccccc1. The molecule has 3 rings (SSSR count). The van der Waals surface area contributed by atoms with E-state index in [4.69, 9.17) is 0 Å². The third-order valence-electron chi connectivity index (χ3n) is 3.51. The van der Waals surface area contributed by atoms with Crippen LogP contribution in [0.5, 0.6) is 0 Å². The number of para-hydroxylation sites is 1. The first kappa shape index (κ1) is 13.4. The van der Waals surface area contributed by atoms with Crippen LogP contribution in [-0.2, 0) is 0 Å². The van der Waals surface area contributed by atoms with Gasteiger partial charge < -0.3 is 5.32 Å². The summed E-state index contributed by atoms with van der Waals surface area (Å²) in [5, 5.41) is 7.94. The van der Waals surface area contributed by atoms with Crippen LogP contribution in [-0.4, -0.2) is 14.8 Å². The molecule has 21 heavy (non-hydrogen) atoms. The maximum absolute atomic E-state index is 4.47. The largest absolute Gasteiger partial charge is 0.374 e. The highest BCUT2D eigenvalue weighted by molar-refractivity contribution is 5.50. The van der Waals surface area contributed by atoms with Crippen LogP contribution in [0, 0.1) is 6.92 Å². The first-order valence-electron chi connectivity index (χ1n) is 7.03. The summed E-state index contributed by atoms with van der Waals surface area (Å²) >= 11 is 0. The number of nitrogens with one attached hydrogen (secondary N) is 1. The Morgan fingerprint density at radius 2 is 1.81 bits per heavy atom. The topological polar surface area (TPSA) is 42.7 Å². The Hall–Kier alpha value is -2.62. The second kappa shape index (κ2) is 5.79. The summed E-state index contributed by atoms with van der Waals surface area (Å²) < 4.78 is 1.94. The first-order chi connectivity index (χ1) is 10.3. The lowest BCUT2D eigenvalue weighted by molar-refractivity contribution is 0.830. The van der Waals surface area contributed by atoms with Crippen LogP contribution in [0.1, 0.15) is 24.4 Å². The molecule has 0 bridgehead atoms. The van der Waals surface area contributed by atoms with Gasteiger partial charge in [0.05, 0.1) is 35.0 Å². The van der Waals surface area contributed by atoms with Gasteiger partial charge in [0.1, 0.15) is 0 Å². The number of hydrogen-bond donors (Lipinski definition) is 1. The minimum Gasteiger partial charge on any atom is -0.374 e. The molecule has 0 saturated carbocycles. The van der Waals surface area contributed by atoms with E-state index in [0.717, 1.165) is 22.8 Å². The van der Waals surface area contributed by atoms with Crippen molar-refractivity contribution in [1.82, 2.24) is 14.8 Å². The zero-order valence-electron chi connectivity index (χ0n) is 12.2. The number of pyridine rings is 1. The Balaban J connectivity index is 1.83. The van der Waals surface area contributed by atoms with Gasteiger partial charge in [-0.05, 0) is 38.1 Å². The van der Waals surface area contributed by atoms with Crippen LogP contribution in [0.15, 0.2) is 60.9 Å². The van der Waals surface area contributed by atoms with Crippen molar-refractivity contribution in [1.29, 1.82) is 0 Å². The average molecular weight is 278 g/mol. The molecule has 0 amide bonds. The van der Waals surface area contributed by atoms with Gasteiger partial charge in [0.25, 0.3) is 0 Å². The highest BCUT2D eigenvalue weighted by Crippen LogP contribution is 2.22. The molecule has 0 aliphatic carbocycles. The van der Waals surface area contributed by atoms with Gasteiger partial charge in [-0.25, -0.2) is 4.68 Å². The van der Waals surface area contributed by atoms with E-state index in [1.165, 1.54) is 0 Å². The van der Waals surface area contributed by atoms with E-state index in [1.807, 2.05) is 65.6 Å². The van der Waals surface area contributed by atoms with E-state index in [2.05, 4.69) is 29.2 Å². The Kier molecular flexibility index (Phi) is 3.69. The summed E-state index contributed by atoms with van der Waals surface area (Å²) in [4.78, 5) is 4.38. The predicted octanol–water partition coefficient (Wildman–Crippen LogP) is 3.75. The minimum absolute atomic E-state index is 0.137. The van der Waals surface area contributed by atoms with Gasteiger partial charge in [-0.3, -0.25) is 4.98 Å². The van der Waals surface area contributed by atoms with E-state index in [0.29, 0.717) is 0 Å². The molecule has 3 aromatic rings. The lowest BCUT2D eigenvalue weighted by Gasteiger charge is -2.14. The molecule has 2 aromatic heterocycles. The van der Waals surface area contributed by atoms with Gasteiger partial charge in [0, 0.05) is 6.20 Å². The maximum Gasteiger partial charge on any atom is 0.0766 e. The number of benzene rings is 1. The van der Waals surface area contributed by atoms with Crippen LogP contribution >= 0.6 is 0 Å². The average Bonchev–Trinajstić information content (AvgIpc) is 2.90. The molecule has 2 heterocycles. The highest BCUT2D eigenvalue weighted by Gasteiger charge is 2.12. The Labute approximate surface area is 124 Å². The zero-order valence-corrected chi connectivity index (χ0v) is 12.2. The van der Waals surface area contributed by atoms with E-state index in [1.54, 1.807) is 0 Å². The maximum atomic E-state index is 4.47. The molecule has 0 unspecified atom stereocenters. The first-order valence-corrected chi connectivity index (χ1v) is 7.03. The zero-order chi connectivity index (χ0) is 14.7. The quantitative estimate of drug-likeness (QED) is 0.790. The fraction of sp³-hybridized carbons (Fsp3) is 0.176. The van der Waals surface area contributed by atoms with Gasteiger partial charge >= 0.3 is 0 Å². The molecule has 0 aliphatic rings. The molecular formula is C17H18N4. The summed E-state index contributed by atoms with van der Waals surface area (Å²) in [6.45, 7) is 4.16. The van der Waals surface area contributed by atoms with E-state index >= 15 is 0 Å². The molecule has 0 saturated heterocycles.